The van der Waals surface area contributed by atoms with Gasteiger partial charge in [0.2, 0.25) is 0 Å². The van der Waals surface area contributed by atoms with Crippen molar-refractivity contribution in [3.63, 3.8) is 0 Å². The van der Waals surface area contributed by atoms with Gasteiger partial charge in [0.15, 0.2) is 6.04 Å². The molecular weight excluding hydrogens is 206 g/mol. The lowest BCUT2D eigenvalue weighted by Crippen LogP contribution is -2.49. The molecule has 0 spiro atoms. The molecule has 1 aliphatic rings. The molecule has 4 nitrogen and oxygen atoms in total. The standard InChI is InChI=1S/C12H15NO3/c14-12(15)11-7-4-8-13(11,16)9-10-5-2-1-3-6-10/h1-3,5-6,11H,4,7-9H2,(H,14,15)/t11-,13+/m0/s1. The topological polar surface area (TPSA) is 60.4 Å². The zero-order valence-electron chi connectivity index (χ0n) is 9.00. The molecule has 1 fully saturated rings. The zero-order chi connectivity index (χ0) is 11.6. The highest BCUT2D eigenvalue weighted by molar-refractivity contribution is 5.72. The van der Waals surface area contributed by atoms with Crippen molar-refractivity contribution < 1.29 is 14.5 Å². The van der Waals surface area contributed by atoms with Crippen molar-refractivity contribution in [3.8, 4) is 0 Å². The second kappa shape index (κ2) is 4.23. The number of benzene rings is 1. The van der Waals surface area contributed by atoms with Crippen LogP contribution in [0.25, 0.3) is 0 Å². The second-order valence-corrected chi connectivity index (χ2v) is 4.32. The van der Waals surface area contributed by atoms with Crippen LogP contribution in [-0.2, 0) is 11.3 Å². The number of quaternary nitrogens is 1. The van der Waals surface area contributed by atoms with Crippen LogP contribution in [0.4, 0.5) is 0 Å². The quantitative estimate of drug-likeness (QED) is 0.624. The molecule has 2 rings (SSSR count). The molecule has 2 atom stereocenters. The molecule has 4 heteroatoms. The Kier molecular flexibility index (Phi) is 2.94. The van der Waals surface area contributed by atoms with Crippen molar-refractivity contribution in [3.05, 3.63) is 41.1 Å². The molecule has 1 saturated heterocycles. The number of aliphatic carboxylic acids is 1. The summed E-state index contributed by atoms with van der Waals surface area (Å²) in [5, 5.41) is 21.4. The minimum absolute atomic E-state index is 0.262. The summed E-state index contributed by atoms with van der Waals surface area (Å²) in [5.74, 6) is -0.969. The number of rotatable bonds is 3. The maximum absolute atomic E-state index is 12.4. The van der Waals surface area contributed by atoms with Gasteiger partial charge in [-0.2, -0.15) is 0 Å². The molecule has 0 radical (unpaired) electrons. The Morgan fingerprint density at radius 1 is 1.44 bits per heavy atom. The fourth-order valence-corrected chi connectivity index (χ4v) is 2.35. The van der Waals surface area contributed by atoms with Crippen molar-refractivity contribution >= 4 is 5.97 Å². The number of hydroxylamine groups is 3. The first-order valence-corrected chi connectivity index (χ1v) is 5.46. The van der Waals surface area contributed by atoms with Gasteiger partial charge in [0.05, 0.1) is 6.54 Å². The first-order valence-electron chi connectivity index (χ1n) is 5.46. The third-order valence-corrected chi connectivity index (χ3v) is 3.16. The van der Waals surface area contributed by atoms with Gasteiger partial charge in [-0.1, -0.05) is 30.3 Å². The number of likely N-dealkylation sites (tertiary alicyclic amines) is 1. The number of carboxylic acids is 1. The molecule has 0 unspecified atom stereocenters. The first-order chi connectivity index (χ1) is 7.62. The molecule has 0 aromatic heterocycles. The number of carbonyl (C=O) groups is 1. The molecule has 1 aromatic carbocycles. The fourth-order valence-electron chi connectivity index (χ4n) is 2.35. The highest BCUT2D eigenvalue weighted by Gasteiger charge is 2.40. The van der Waals surface area contributed by atoms with Crippen LogP contribution in [0.2, 0.25) is 0 Å². The predicted octanol–water partition coefficient (Wildman–Crippen LogP) is 1.75. The van der Waals surface area contributed by atoms with Gasteiger partial charge in [-0.15, -0.1) is 0 Å². The Balaban J connectivity index is 2.16. The van der Waals surface area contributed by atoms with Crippen molar-refractivity contribution in [2.45, 2.75) is 25.4 Å². The number of hydrogen-bond donors (Lipinski definition) is 1. The van der Waals surface area contributed by atoms with Gasteiger partial charge in [0, 0.05) is 18.4 Å². The molecule has 0 aliphatic carbocycles. The van der Waals surface area contributed by atoms with Crippen LogP contribution in [0.15, 0.2) is 30.3 Å². The van der Waals surface area contributed by atoms with Crippen molar-refractivity contribution in [1.82, 2.24) is 0 Å². The predicted molar refractivity (Wildman–Crippen MR) is 59.3 cm³/mol. The first kappa shape index (κ1) is 11.1. The molecule has 1 N–H and O–H groups in total. The van der Waals surface area contributed by atoms with Gasteiger partial charge in [-0.3, -0.25) is 0 Å². The fraction of sp³-hybridized carbons (Fsp3) is 0.417. The Morgan fingerprint density at radius 2 is 2.12 bits per heavy atom. The lowest BCUT2D eigenvalue weighted by Gasteiger charge is -2.42. The van der Waals surface area contributed by atoms with E-state index in [1.165, 1.54) is 0 Å². The van der Waals surface area contributed by atoms with E-state index in [4.69, 9.17) is 5.11 Å². The molecule has 1 aliphatic heterocycles. The molecule has 16 heavy (non-hydrogen) atoms. The normalized spacial score (nSPS) is 29.2. The van der Waals surface area contributed by atoms with Gasteiger partial charge < -0.3 is 15.0 Å². The van der Waals surface area contributed by atoms with E-state index in [1.54, 1.807) is 0 Å². The summed E-state index contributed by atoms with van der Waals surface area (Å²) in [5.41, 5.74) is 0.908. The lowest BCUT2D eigenvalue weighted by atomic mass is 10.2. The maximum Gasteiger partial charge on any atom is 0.362 e. The third kappa shape index (κ3) is 2.08. The maximum atomic E-state index is 12.4. The van der Waals surface area contributed by atoms with Crippen LogP contribution >= 0.6 is 0 Å². The van der Waals surface area contributed by atoms with Crippen molar-refractivity contribution in [2.75, 3.05) is 6.54 Å². The summed E-state index contributed by atoms with van der Waals surface area (Å²) in [6.07, 6.45) is 1.19. The smallest absolute Gasteiger partial charge is 0.362 e. The molecule has 1 heterocycles. The highest BCUT2D eigenvalue weighted by atomic mass is 16.6. The van der Waals surface area contributed by atoms with Gasteiger partial charge >= 0.3 is 5.97 Å². The molecule has 0 amide bonds. The van der Waals surface area contributed by atoms with Crippen LogP contribution in [0.3, 0.4) is 0 Å². The molecule has 0 saturated carbocycles. The van der Waals surface area contributed by atoms with E-state index in [1.807, 2.05) is 30.3 Å². The summed E-state index contributed by atoms with van der Waals surface area (Å²) in [4.78, 5) is 11.0. The monoisotopic (exact) mass is 221 g/mol. The van der Waals surface area contributed by atoms with Crippen LogP contribution in [0.5, 0.6) is 0 Å². The van der Waals surface area contributed by atoms with Crippen molar-refractivity contribution in [1.29, 1.82) is 0 Å². The van der Waals surface area contributed by atoms with Gasteiger partial charge in [0.1, 0.15) is 6.54 Å². The zero-order valence-corrected chi connectivity index (χ0v) is 9.00. The number of carboxylic acid groups (broad SMARTS) is 1. The van der Waals surface area contributed by atoms with E-state index in [2.05, 4.69) is 0 Å². The minimum Gasteiger partial charge on any atom is -0.632 e. The molecule has 1 aromatic rings. The molecule has 0 bridgehead atoms. The van der Waals surface area contributed by atoms with E-state index in [9.17, 15) is 10.0 Å². The largest absolute Gasteiger partial charge is 0.632 e. The summed E-state index contributed by atoms with van der Waals surface area (Å²) in [7, 11) is 0. The second-order valence-electron chi connectivity index (χ2n) is 4.32. The van der Waals surface area contributed by atoms with Gasteiger partial charge in [-0.05, 0) is 0 Å². The Bertz CT molecular complexity index is 379. The molecular formula is C12H15NO3. The van der Waals surface area contributed by atoms with E-state index in [0.717, 1.165) is 5.56 Å². The van der Waals surface area contributed by atoms with E-state index >= 15 is 0 Å². The number of hydrogen-bond acceptors (Lipinski definition) is 2. The Morgan fingerprint density at radius 3 is 2.75 bits per heavy atom. The minimum atomic E-state index is -0.969. The average Bonchev–Trinajstić information content (AvgIpc) is 2.61. The highest BCUT2D eigenvalue weighted by Crippen LogP contribution is 2.28. The van der Waals surface area contributed by atoms with Crippen LogP contribution in [-0.4, -0.2) is 28.3 Å². The summed E-state index contributed by atoms with van der Waals surface area (Å²) >= 11 is 0. The lowest BCUT2D eigenvalue weighted by molar-refractivity contribution is -0.897. The van der Waals surface area contributed by atoms with E-state index in [0.29, 0.717) is 19.4 Å². The van der Waals surface area contributed by atoms with E-state index < -0.39 is 16.7 Å². The van der Waals surface area contributed by atoms with E-state index in [-0.39, 0.29) is 6.54 Å². The Hall–Kier alpha value is -1.39. The summed E-state index contributed by atoms with van der Waals surface area (Å²) in [6.45, 7) is 0.670. The van der Waals surface area contributed by atoms with Crippen molar-refractivity contribution in [2.24, 2.45) is 0 Å². The number of nitrogens with zero attached hydrogens (tertiary/aromatic N) is 1. The van der Waals surface area contributed by atoms with Crippen LogP contribution in [0, 0.1) is 5.21 Å². The van der Waals surface area contributed by atoms with Crippen LogP contribution in [0.1, 0.15) is 18.4 Å². The van der Waals surface area contributed by atoms with Gasteiger partial charge in [0.25, 0.3) is 0 Å². The molecule has 86 valence electrons. The Labute approximate surface area is 94.3 Å². The summed E-state index contributed by atoms with van der Waals surface area (Å²) < 4.78 is -0.612. The third-order valence-electron chi connectivity index (χ3n) is 3.16. The average molecular weight is 221 g/mol. The SMILES string of the molecule is O=C(O)[C@@H]1CCC[N@@+]1([O-])Cc1ccccc1. The summed E-state index contributed by atoms with van der Waals surface area (Å²) in [6, 6.07) is 8.57. The van der Waals surface area contributed by atoms with Gasteiger partial charge in [-0.25, -0.2) is 4.79 Å². The van der Waals surface area contributed by atoms with Crippen LogP contribution < -0.4 is 0 Å².